The third-order valence-electron chi connectivity index (χ3n) is 8.89. The number of hydrogen-bond acceptors (Lipinski definition) is 11. The summed E-state index contributed by atoms with van der Waals surface area (Å²) in [7, 11) is 23.0. The molecule has 22 heteroatoms. The minimum atomic E-state index is -1.30. The minimum absolute atomic E-state index is 0.0140. The van der Waals surface area contributed by atoms with E-state index in [0.717, 1.165) is 17.9 Å². The van der Waals surface area contributed by atoms with Crippen molar-refractivity contribution in [2.75, 3.05) is 163 Å². The van der Waals surface area contributed by atoms with E-state index in [1.54, 1.807) is 0 Å². The molecule has 0 aliphatic heterocycles. The summed E-state index contributed by atoms with van der Waals surface area (Å²) in [5.41, 5.74) is -1.30. The number of nitrogens with zero attached hydrogens (tertiary/aromatic N) is 9. The molecule has 64 heavy (non-hydrogen) atoms. The van der Waals surface area contributed by atoms with Crippen LogP contribution in [0.2, 0.25) is 0 Å². The first kappa shape index (κ1) is 59.0. The van der Waals surface area contributed by atoms with Crippen LogP contribution in [0.5, 0.6) is 0 Å². The van der Waals surface area contributed by atoms with Crippen molar-refractivity contribution in [3.05, 3.63) is 0 Å². The molecule has 0 rings (SSSR count). The Morgan fingerprint density at radius 2 is 0.734 bits per heavy atom. The average Bonchev–Trinajstić information content (AvgIpc) is 3.19. The van der Waals surface area contributed by atoms with Crippen molar-refractivity contribution in [3.63, 3.8) is 0 Å². The number of ether oxygens (including phenoxy) is 3. The van der Waals surface area contributed by atoms with E-state index in [0.29, 0.717) is 58.5 Å². The average molecular weight is 914 g/mol. The van der Waals surface area contributed by atoms with Gasteiger partial charge in [-0.1, -0.05) is 0 Å². The monoisotopic (exact) mass is 914 g/mol. The Morgan fingerprint density at radius 1 is 0.438 bits per heavy atom. The van der Waals surface area contributed by atoms with Gasteiger partial charge in [0.2, 0.25) is 23.6 Å². The second-order valence-corrected chi connectivity index (χ2v) is 16.5. The Labute approximate surface area is 382 Å². The first-order chi connectivity index (χ1) is 30.2. The molecule has 0 aromatic heterocycles. The first-order valence-corrected chi connectivity index (χ1v) is 21.9. The fourth-order valence-corrected chi connectivity index (χ4v) is 6.06. The molecule has 0 heterocycles. The third-order valence-corrected chi connectivity index (χ3v) is 8.89. The molecule has 0 fully saturated rings. The highest BCUT2D eigenvalue weighted by Crippen LogP contribution is 2.12. The molecule has 0 aromatic rings. The SMILES string of the molecule is CN(C)C(=NCCCNC(=O)CCOCC(COCCC(=O)NCCCN=C(N(C)C)N(C)C)(COCCC(=O)NCCCN=C(N(C)C)N(C)C)NC(=O)CCCC(=O)O)N(C)C. The van der Waals surface area contributed by atoms with Crippen molar-refractivity contribution < 1.29 is 43.3 Å². The summed E-state index contributed by atoms with van der Waals surface area (Å²) in [6, 6.07) is 0. The fourth-order valence-electron chi connectivity index (χ4n) is 6.06. The van der Waals surface area contributed by atoms with Gasteiger partial charge in [-0.25, -0.2) is 0 Å². The first-order valence-electron chi connectivity index (χ1n) is 21.9. The summed E-state index contributed by atoms with van der Waals surface area (Å²) in [4.78, 5) is 87.6. The van der Waals surface area contributed by atoms with Crippen molar-refractivity contribution in [1.29, 1.82) is 0 Å². The Bertz CT molecular complexity index is 1280. The van der Waals surface area contributed by atoms with E-state index < -0.39 is 17.4 Å². The van der Waals surface area contributed by atoms with Crippen LogP contribution >= 0.6 is 0 Å². The molecular weight excluding hydrogens is 831 g/mol. The summed E-state index contributed by atoms with van der Waals surface area (Å²) in [5.74, 6) is 0.329. The highest BCUT2D eigenvalue weighted by molar-refractivity contribution is 5.80. The zero-order chi connectivity index (χ0) is 48.5. The van der Waals surface area contributed by atoms with E-state index in [-0.39, 0.29) is 95.9 Å². The minimum Gasteiger partial charge on any atom is -0.481 e. The molecule has 0 unspecified atom stereocenters. The van der Waals surface area contributed by atoms with Crippen LogP contribution in [0.1, 0.15) is 57.8 Å². The van der Waals surface area contributed by atoms with Crippen LogP contribution in [-0.4, -0.2) is 251 Å². The summed E-state index contributed by atoms with van der Waals surface area (Å²) in [6.07, 6.45) is 1.89. The van der Waals surface area contributed by atoms with Gasteiger partial charge in [0.25, 0.3) is 0 Å². The Morgan fingerprint density at radius 3 is 1.00 bits per heavy atom. The smallest absolute Gasteiger partial charge is 0.303 e. The molecule has 0 spiro atoms. The largest absolute Gasteiger partial charge is 0.481 e. The third kappa shape index (κ3) is 29.4. The molecule has 0 atom stereocenters. The molecule has 0 aliphatic rings. The van der Waals surface area contributed by atoms with Gasteiger partial charge in [0.1, 0.15) is 5.54 Å². The van der Waals surface area contributed by atoms with Crippen molar-refractivity contribution in [3.8, 4) is 0 Å². The number of carboxylic acid groups (broad SMARTS) is 1. The maximum Gasteiger partial charge on any atom is 0.303 e. The molecule has 0 radical (unpaired) electrons. The number of carbonyl (C=O) groups is 5. The molecule has 0 bridgehead atoms. The summed E-state index contributed by atoms with van der Waals surface area (Å²) < 4.78 is 17.9. The van der Waals surface area contributed by atoms with Crippen LogP contribution in [0.3, 0.4) is 0 Å². The molecule has 0 aromatic carbocycles. The van der Waals surface area contributed by atoms with Crippen molar-refractivity contribution in [2.45, 2.75) is 63.3 Å². The predicted molar refractivity (Wildman–Crippen MR) is 251 cm³/mol. The second kappa shape index (κ2) is 34.4. The lowest BCUT2D eigenvalue weighted by Gasteiger charge is -2.34. The fraction of sp³-hybridized carbons (Fsp3) is 0.810. The van der Waals surface area contributed by atoms with Crippen LogP contribution in [0.15, 0.2) is 15.0 Å². The number of guanidine groups is 3. The van der Waals surface area contributed by atoms with E-state index in [2.05, 4.69) is 36.2 Å². The number of rotatable bonds is 32. The molecular formula is C42H83N13O9. The molecule has 4 amide bonds. The summed E-state index contributed by atoms with van der Waals surface area (Å²) in [6.45, 7) is 2.52. The topological polar surface area (TPSA) is 238 Å². The van der Waals surface area contributed by atoms with E-state index in [1.807, 2.05) is 114 Å². The Hall–Kier alpha value is -4.96. The second-order valence-electron chi connectivity index (χ2n) is 16.5. The van der Waals surface area contributed by atoms with E-state index in [1.165, 1.54) is 0 Å². The van der Waals surface area contributed by atoms with Crippen molar-refractivity contribution >= 4 is 47.5 Å². The van der Waals surface area contributed by atoms with Gasteiger partial charge in [-0.05, 0) is 25.7 Å². The van der Waals surface area contributed by atoms with Gasteiger partial charge in [0.05, 0.1) is 39.6 Å². The predicted octanol–water partition coefficient (Wildman–Crippen LogP) is -0.727. The maximum atomic E-state index is 13.2. The Balaban J connectivity index is 5.65. The lowest BCUT2D eigenvalue weighted by Crippen LogP contribution is -2.58. The van der Waals surface area contributed by atoms with Gasteiger partial charge in [-0.2, -0.15) is 0 Å². The number of hydrogen-bond donors (Lipinski definition) is 5. The van der Waals surface area contributed by atoms with Gasteiger partial charge < -0.3 is 70.0 Å². The number of aliphatic imine (C=N–C) groups is 3. The zero-order valence-electron chi connectivity index (χ0n) is 41.1. The number of aliphatic carboxylic acids is 1. The van der Waals surface area contributed by atoms with Crippen LogP contribution in [0.4, 0.5) is 0 Å². The lowest BCUT2D eigenvalue weighted by molar-refractivity contribution is -0.137. The standard InChI is InChI=1S/C42H83N13O9/c1-50(2)39(51(3)4)46-25-14-22-43-34(56)19-28-62-31-42(49-37(59)17-13-18-38(60)61,32-63-29-20-35(57)44-23-15-26-47-40(52(5)6)53(7)8)33-64-30-21-36(58)45-24-16-27-48-41(54(9)10)55(11)12/h13-33H2,1-12H3,(H,43,56)(H,44,57)(H,45,58)(H,49,59)(H,60,61). The van der Waals surface area contributed by atoms with Gasteiger partial charge in [0, 0.05) is 156 Å². The summed E-state index contributed by atoms with van der Waals surface area (Å²) in [5, 5.41) is 20.7. The number of nitrogens with one attached hydrogen (secondary N) is 4. The van der Waals surface area contributed by atoms with Crippen LogP contribution < -0.4 is 21.3 Å². The molecule has 0 aliphatic carbocycles. The highest BCUT2D eigenvalue weighted by atomic mass is 16.5. The molecule has 0 saturated carbocycles. The van der Waals surface area contributed by atoms with Gasteiger partial charge in [-0.3, -0.25) is 38.9 Å². The lowest BCUT2D eigenvalue weighted by atomic mass is 10.0. The Kier molecular flexibility index (Phi) is 31.8. The van der Waals surface area contributed by atoms with Crippen molar-refractivity contribution in [2.24, 2.45) is 15.0 Å². The highest BCUT2D eigenvalue weighted by Gasteiger charge is 2.34. The van der Waals surface area contributed by atoms with Crippen LogP contribution in [-0.2, 0) is 38.2 Å². The van der Waals surface area contributed by atoms with Gasteiger partial charge in [0.15, 0.2) is 17.9 Å². The van der Waals surface area contributed by atoms with Gasteiger partial charge in [-0.15, -0.1) is 0 Å². The molecule has 5 N–H and O–H groups in total. The zero-order valence-corrected chi connectivity index (χ0v) is 41.1. The molecule has 370 valence electrons. The number of amides is 4. The normalized spacial score (nSPS) is 10.8. The molecule has 22 nitrogen and oxygen atoms in total. The molecule has 0 saturated heterocycles. The maximum absolute atomic E-state index is 13.2. The van der Waals surface area contributed by atoms with Crippen LogP contribution in [0, 0.1) is 0 Å². The quantitative estimate of drug-likeness (QED) is 0.0318. The van der Waals surface area contributed by atoms with Crippen molar-refractivity contribution in [1.82, 2.24) is 50.7 Å². The van der Waals surface area contributed by atoms with E-state index in [4.69, 9.17) is 19.3 Å². The summed E-state index contributed by atoms with van der Waals surface area (Å²) >= 11 is 0. The van der Waals surface area contributed by atoms with Crippen LogP contribution in [0.25, 0.3) is 0 Å². The van der Waals surface area contributed by atoms with E-state index >= 15 is 0 Å². The van der Waals surface area contributed by atoms with Gasteiger partial charge >= 0.3 is 5.97 Å². The van der Waals surface area contributed by atoms with E-state index in [9.17, 15) is 24.0 Å². The number of carbonyl (C=O) groups excluding carboxylic acids is 4. The number of carboxylic acids is 1.